The van der Waals surface area contributed by atoms with Gasteiger partial charge in [-0.25, -0.2) is 0 Å². The summed E-state index contributed by atoms with van der Waals surface area (Å²) in [7, 11) is 3.91. The normalized spacial score (nSPS) is 20.5. The molecular weight excluding hydrogens is 396 g/mol. The molecular formula is C23H28N4O4. The molecule has 3 aromatic rings. The van der Waals surface area contributed by atoms with E-state index in [4.69, 9.17) is 13.9 Å². The van der Waals surface area contributed by atoms with Crippen LogP contribution < -0.4 is 10.3 Å². The Balaban J connectivity index is 1.53. The van der Waals surface area contributed by atoms with Crippen LogP contribution in [0.4, 0.5) is 0 Å². The first-order chi connectivity index (χ1) is 15.1. The number of furan rings is 1. The fourth-order valence-corrected chi connectivity index (χ4v) is 4.28. The Kier molecular flexibility index (Phi) is 5.52. The lowest BCUT2D eigenvalue weighted by molar-refractivity contribution is 0.141. The highest BCUT2D eigenvalue weighted by Gasteiger charge is 2.23. The third-order valence-electron chi connectivity index (χ3n) is 6.13. The summed E-state index contributed by atoms with van der Waals surface area (Å²) in [6, 6.07) is 3.80. The molecule has 31 heavy (non-hydrogen) atoms. The van der Waals surface area contributed by atoms with Crippen molar-refractivity contribution in [3.8, 4) is 16.9 Å². The van der Waals surface area contributed by atoms with E-state index in [-0.39, 0.29) is 11.7 Å². The predicted molar refractivity (Wildman–Crippen MR) is 117 cm³/mol. The van der Waals surface area contributed by atoms with Crippen LogP contribution in [0.2, 0.25) is 0 Å². The Labute approximate surface area is 181 Å². The molecule has 164 valence electrons. The van der Waals surface area contributed by atoms with Crippen LogP contribution in [0.3, 0.4) is 0 Å². The summed E-state index contributed by atoms with van der Waals surface area (Å²) in [6.07, 6.45) is 6.14. The van der Waals surface area contributed by atoms with Gasteiger partial charge in [0.2, 0.25) is 0 Å². The van der Waals surface area contributed by atoms with Gasteiger partial charge in [-0.3, -0.25) is 14.7 Å². The van der Waals surface area contributed by atoms with E-state index in [1.54, 1.807) is 24.0 Å². The van der Waals surface area contributed by atoms with Crippen LogP contribution in [0.1, 0.15) is 12.2 Å². The second-order valence-electron chi connectivity index (χ2n) is 8.47. The molecule has 1 unspecified atom stereocenters. The molecule has 2 aliphatic heterocycles. The van der Waals surface area contributed by atoms with Crippen molar-refractivity contribution in [3.05, 3.63) is 46.8 Å². The van der Waals surface area contributed by atoms with Gasteiger partial charge in [-0.05, 0) is 19.2 Å². The first-order valence-electron chi connectivity index (χ1n) is 10.8. The minimum Gasteiger partial charge on any atom is -0.486 e. The number of hydrogen-bond donors (Lipinski definition) is 0. The quantitative estimate of drug-likeness (QED) is 0.621. The predicted octanol–water partition coefficient (Wildman–Crippen LogP) is 2.11. The minimum atomic E-state index is -0.0622. The Bertz CT molecular complexity index is 1120. The average Bonchev–Trinajstić information content (AvgIpc) is 3.43. The molecule has 1 atom stereocenters. The van der Waals surface area contributed by atoms with Crippen molar-refractivity contribution in [3.63, 3.8) is 0 Å². The van der Waals surface area contributed by atoms with Crippen LogP contribution in [-0.4, -0.2) is 71.9 Å². The van der Waals surface area contributed by atoms with Gasteiger partial charge in [-0.15, -0.1) is 0 Å². The molecule has 0 aromatic carbocycles. The van der Waals surface area contributed by atoms with E-state index in [0.717, 1.165) is 49.5 Å². The van der Waals surface area contributed by atoms with Crippen LogP contribution in [0.15, 0.2) is 39.9 Å². The molecule has 0 N–H and O–H groups in total. The van der Waals surface area contributed by atoms with Crippen molar-refractivity contribution in [2.45, 2.75) is 19.1 Å². The molecule has 0 aliphatic carbocycles. The van der Waals surface area contributed by atoms with E-state index < -0.39 is 0 Å². The van der Waals surface area contributed by atoms with E-state index >= 15 is 0 Å². The number of aromatic nitrogens is 2. The van der Waals surface area contributed by atoms with Gasteiger partial charge in [-0.1, -0.05) is 0 Å². The lowest BCUT2D eigenvalue weighted by Gasteiger charge is -2.31. The van der Waals surface area contributed by atoms with Crippen molar-refractivity contribution < 1.29 is 13.9 Å². The fraction of sp³-hybridized carbons (Fsp3) is 0.478. The molecule has 2 fully saturated rings. The third-order valence-corrected chi connectivity index (χ3v) is 6.13. The van der Waals surface area contributed by atoms with Gasteiger partial charge < -0.3 is 23.4 Å². The lowest BCUT2D eigenvalue weighted by atomic mass is 10.1. The minimum absolute atomic E-state index is 0.00960. The second-order valence-corrected chi connectivity index (χ2v) is 8.47. The average molecular weight is 425 g/mol. The number of ether oxygens (including phenoxy) is 2. The zero-order chi connectivity index (χ0) is 21.4. The van der Waals surface area contributed by atoms with Gasteiger partial charge in [0, 0.05) is 63.2 Å². The van der Waals surface area contributed by atoms with Crippen LogP contribution in [-0.2, 0) is 18.3 Å². The highest BCUT2D eigenvalue weighted by Crippen LogP contribution is 2.35. The summed E-state index contributed by atoms with van der Waals surface area (Å²) in [5, 5.41) is 0.594. The fourth-order valence-electron chi connectivity index (χ4n) is 4.28. The third kappa shape index (κ3) is 4.11. The summed E-state index contributed by atoms with van der Waals surface area (Å²) in [4.78, 5) is 21.8. The van der Waals surface area contributed by atoms with E-state index in [1.165, 1.54) is 0 Å². The maximum atomic E-state index is 12.8. The maximum Gasteiger partial charge on any atom is 0.261 e. The van der Waals surface area contributed by atoms with Gasteiger partial charge in [0.05, 0.1) is 31.3 Å². The number of pyridine rings is 2. The smallest absolute Gasteiger partial charge is 0.261 e. The molecule has 5 heterocycles. The van der Waals surface area contributed by atoms with E-state index in [2.05, 4.69) is 21.8 Å². The highest BCUT2D eigenvalue weighted by atomic mass is 16.5. The summed E-state index contributed by atoms with van der Waals surface area (Å²) in [5.41, 5.74) is 2.24. The molecule has 8 nitrogen and oxygen atoms in total. The highest BCUT2D eigenvalue weighted by molar-refractivity contribution is 5.93. The molecule has 5 rings (SSSR count). The van der Waals surface area contributed by atoms with Crippen molar-refractivity contribution in [1.82, 2.24) is 19.4 Å². The summed E-state index contributed by atoms with van der Waals surface area (Å²) < 4.78 is 19.5. The first kappa shape index (κ1) is 20.2. The number of aryl methyl sites for hydroxylation is 1. The maximum absolute atomic E-state index is 12.8. The molecule has 0 spiro atoms. The van der Waals surface area contributed by atoms with Crippen LogP contribution >= 0.6 is 0 Å². The number of likely N-dealkylation sites (N-methyl/N-ethyl adjacent to an activating group) is 1. The van der Waals surface area contributed by atoms with Crippen LogP contribution in [0.25, 0.3) is 22.1 Å². The van der Waals surface area contributed by atoms with Crippen LogP contribution in [0, 0.1) is 0 Å². The van der Waals surface area contributed by atoms with Crippen molar-refractivity contribution in [1.29, 1.82) is 0 Å². The Morgan fingerprint density at radius 2 is 2.03 bits per heavy atom. The molecule has 2 aliphatic rings. The van der Waals surface area contributed by atoms with Crippen LogP contribution in [0.5, 0.6) is 5.75 Å². The number of piperazine rings is 1. The van der Waals surface area contributed by atoms with Crippen molar-refractivity contribution >= 4 is 11.0 Å². The summed E-state index contributed by atoms with van der Waals surface area (Å²) in [6.45, 7) is 6.04. The second kappa shape index (κ2) is 8.45. The number of nitrogens with zero attached hydrogens (tertiary/aromatic N) is 4. The molecule has 3 aromatic heterocycles. The lowest BCUT2D eigenvalue weighted by Crippen LogP contribution is -2.43. The van der Waals surface area contributed by atoms with Crippen molar-refractivity contribution in [2.24, 2.45) is 7.05 Å². The summed E-state index contributed by atoms with van der Waals surface area (Å²) in [5.74, 6) is 1.49. The Morgan fingerprint density at radius 3 is 2.81 bits per heavy atom. The van der Waals surface area contributed by atoms with Crippen molar-refractivity contribution in [2.75, 3.05) is 46.4 Å². The molecule has 2 saturated heterocycles. The topological polar surface area (TPSA) is 73.0 Å². The van der Waals surface area contributed by atoms with E-state index in [1.807, 2.05) is 18.3 Å². The standard InChI is InChI=1S/C23H28N4O4/c1-25-6-8-27(9-7-25)13-17-11-19-22(31-17)20(14-26(2)23(19)28)18-3-5-24-12-21(18)30-16-4-10-29-15-16/h3,5,11-12,14,16H,4,6-10,13,15H2,1-2H3. The Morgan fingerprint density at radius 1 is 1.19 bits per heavy atom. The molecule has 0 radical (unpaired) electrons. The number of fused-ring (bicyclic) bond motifs is 1. The van der Waals surface area contributed by atoms with Gasteiger partial charge in [0.1, 0.15) is 23.2 Å². The zero-order valence-corrected chi connectivity index (χ0v) is 18.0. The number of rotatable bonds is 5. The number of hydrogen-bond acceptors (Lipinski definition) is 7. The Hall–Kier alpha value is -2.68. The largest absolute Gasteiger partial charge is 0.486 e. The van der Waals surface area contributed by atoms with E-state index in [0.29, 0.717) is 36.5 Å². The van der Waals surface area contributed by atoms with Gasteiger partial charge in [0.15, 0.2) is 0 Å². The molecule has 0 amide bonds. The first-order valence-corrected chi connectivity index (χ1v) is 10.8. The zero-order valence-electron chi connectivity index (χ0n) is 18.0. The molecule has 0 saturated carbocycles. The van der Waals surface area contributed by atoms with Gasteiger partial charge in [-0.2, -0.15) is 0 Å². The van der Waals surface area contributed by atoms with E-state index in [9.17, 15) is 4.79 Å². The van der Waals surface area contributed by atoms with Gasteiger partial charge >= 0.3 is 0 Å². The molecule has 0 bridgehead atoms. The van der Waals surface area contributed by atoms with Gasteiger partial charge in [0.25, 0.3) is 5.56 Å². The SMILES string of the molecule is CN1CCN(Cc2cc3c(=O)n(C)cc(-c4ccncc4OC4CCOC4)c3o2)CC1. The summed E-state index contributed by atoms with van der Waals surface area (Å²) >= 11 is 0. The monoisotopic (exact) mass is 424 g/mol. The molecule has 8 heteroatoms.